The van der Waals surface area contributed by atoms with E-state index >= 15 is 0 Å². The summed E-state index contributed by atoms with van der Waals surface area (Å²) in [5, 5.41) is 10.9. The lowest BCUT2D eigenvalue weighted by molar-refractivity contribution is -0.121. The van der Waals surface area contributed by atoms with Crippen molar-refractivity contribution in [2.24, 2.45) is 0 Å². The van der Waals surface area contributed by atoms with Gasteiger partial charge in [0, 0.05) is 37.8 Å². The number of carbonyl (C=O) groups excluding carboxylic acids is 1. The largest absolute Gasteiger partial charge is 0.353 e. The second-order valence-corrected chi connectivity index (χ2v) is 9.35. The van der Waals surface area contributed by atoms with E-state index < -0.39 is 11.6 Å². The highest BCUT2D eigenvalue weighted by atomic mass is 19.1. The maximum absolute atomic E-state index is 13.7. The molecule has 0 saturated heterocycles. The summed E-state index contributed by atoms with van der Waals surface area (Å²) in [6.45, 7) is 6.55. The number of unbranched alkanes of at least 4 members (excludes halogenated alkanes) is 1. The second kappa shape index (κ2) is 14.5. The molecule has 0 aliphatic rings. The van der Waals surface area contributed by atoms with Crippen molar-refractivity contribution in [3.8, 4) is 0 Å². The van der Waals surface area contributed by atoms with Crippen molar-refractivity contribution in [3.05, 3.63) is 88.7 Å². The minimum atomic E-state index is -0.607. The zero-order valence-corrected chi connectivity index (χ0v) is 21.4. The summed E-state index contributed by atoms with van der Waals surface area (Å²) in [7, 11) is 0. The summed E-state index contributed by atoms with van der Waals surface area (Å²) in [5.41, 5.74) is 4.07. The first-order chi connectivity index (χ1) is 17.4. The number of benzene rings is 2. The third-order valence-corrected chi connectivity index (χ3v) is 6.24. The van der Waals surface area contributed by atoms with Gasteiger partial charge in [-0.3, -0.25) is 9.48 Å². The van der Waals surface area contributed by atoms with Crippen molar-refractivity contribution in [1.29, 1.82) is 0 Å². The number of carbonyl (C=O) groups is 1. The van der Waals surface area contributed by atoms with Gasteiger partial charge >= 0.3 is 0 Å². The Labute approximate surface area is 213 Å². The standard InChI is InChI=1S/C29H38F2N4O/c1-3-5-13-35-21-24(20-33-35)9-10-29(36)34-28(17-25-15-26(30)18-27(31)16-25)11-12-32-19-23-8-6-7-22(4-2)14-23/h6-8,14-16,18,20-21,28,32H,3-5,9-13,17,19H2,1-2H3,(H,34,36)/t28-/m1/s1. The molecule has 0 aliphatic heterocycles. The molecule has 1 heterocycles. The minimum Gasteiger partial charge on any atom is -0.353 e. The van der Waals surface area contributed by atoms with Crippen LogP contribution in [-0.4, -0.2) is 28.3 Å². The summed E-state index contributed by atoms with van der Waals surface area (Å²) in [6, 6.07) is 11.7. The first-order valence-corrected chi connectivity index (χ1v) is 13.0. The summed E-state index contributed by atoms with van der Waals surface area (Å²) in [4.78, 5) is 12.7. The van der Waals surface area contributed by atoms with Crippen LogP contribution < -0.4 is 10.6 Å². The summed E-state index contributed by atoms with van der Waals surface area (Å²) >= 11 is 0. The van der Waals surface area contributed by atoms with Gasteiger partial charge < -0.3 is 10.6 Å². The van der Waals surface area contributed by atoms with Crippen LogP contribution in [0.4, 0.5) is 8.78 Å². The molecule has 5 nitrogen and oxygen atoms in total. The van der Waals surface area contributed by atoms with E-state index in [2.05, 4.69) is 53.8 Å². The van der Waals surface area contributed by atoms with Gasteiger partial charge in [-0.1, -0.05) is 44.5 Å². The maximum Gasteiger partial charge on any atom is 0.220 e. The molecule has 1 amide bonds. The molecular formula is C29H38F2N4O. The molecule has 3 aromatic rings. The van der Waals surface area contributed by atoms with Crippen LogP contribution in [0.15, 0.2) is 54.9 Å². The number of amides is 1. The third kappa shape index (κ3) is 9.53. The van der Waals surface area contributed by atoms with E-state index in [9.17, 15) is 13.6 Å². The monoisotopic (exact) mass is 496 g/mol. The minimum absolute atomic E-state index is 0.0752. The first-order valence-electron chi connectivity index (χ1n) is 13.0. The average molecular weight is 497 g/mol. The molecule has 0 radical (unpaired) electrons. The number of hydrogen-bond donors (Lipinski definition) is 2. The number of rotatable bonds is 15. The zero-order chi connectivity index (χ0) is 25.8. The van der Waals surface area contributed by atoms with E-state index in [-0.39, 0.29) is 11.9 Å². The molecule has 0 unspecified atom stereocenters. The lowest BCUT2D eigenvalue weighted by atomic mass is 10.0. The molecule has 36 heavy (non-hydrogen) atoms. The Bertz CT molecular complexity index is 1080. The van der Waals surface area contributed by atoms with Gasteiger partial charge in [0.15, 0.2) is 0 Å². The topological polar surface area (TPSA) is 59.0 Å². The molecule has 194 valence electrons. The molecule has 2 N–H and O–H groups in total. The Kier molecular flexibility index (Phi) is 11.1. The lowest BCUT2D eigenvalue weighted by Gasteiger charge is -2.20. The highest BCUT2D eigenvalue weighted by Crippen LogP contribution is 2.13. The van der Waals surface area contributed by atoms with E-state index in [4.69, 9.17) is 0 Å². The molecule has 1 aromatic heterocycles. The molecule has 0 fully saturated rings. The average Bonchev–Trinajstić information content (AvgIpc) is 3.31. The van der Waals surface area contributed by atoms with Crippen LogP contribution in [-0.2, 0) is 37.1 Å². The Morgan fingerprint density at radius 2 is 1.81 bits per heavy atom. The van der Waals surface area contributed by atoms with Crippen molar-refractivity contribution < 1.29 is 13.6 Å². The Morgan fingerprint density at radius 1 is 1.03 bits per heavy atom. The zero-order valence-electron chi connectivity index (χ0n) is 21.4. The molecule has 3 rings (SSSR count). The van der Waals surface area contributed by atoms with Gasteiger partial charge in [-0.2, -0.15) is 5.10 Å². The molecule has 1 atom stereocenters. The lowest BCUT2D eigenvalue weighted by Crippen LogP contribution is -2.38. The second-order valence-electron chi connectivity index (χ2n) is 9.35. The normalized spacial score (nSPS) is 12.0. The van der Waals surface area contributed by atoms with Gasteiger partial charge in [0.05, 0.1) is 6.20 Å². The quantitative estimate of drug-likeness (QED) is 0.278. The Hall–Kier alpha value is -3.06. The fourth-order valence-electron chi connectivity index (χ4n) is 4.24. The van der Waals surface area contributed by atoms with Crippen LogP contribution in [0.1, 0.15) is 61.8 Å². The summed E-state index contributed by atoms with van der Waals surface area (Å²) in [6.07, 6.45) is 8.92. The van der Waals surface area contributed by atoms with Gasteiger partial charge in [-0.25, -0.2) is 8.78 Å². The van der Waals surface area contributed by atoms with Gasteiger partial charge in [0.1, 0.15) is 11.6 Å². The van der Waals surface area contributed by atoms with Crippen LogP contribution in [0.2, 0.25) is 0 Å². The number of nitrogens with one attached hydrogen (secondary N) is 2. The van der Waals surface area contributed by atoms with Crippen LogP contribution in [0.5, 0.6) is 0 Å². The fraction of sp³-hybridized carbons (Fsp3) is 0.448. The number of aryl methyl sites for hydroxylation is 3. The molecule has 0 saturated carbocycles. The van der Waals surface area contributed by atoms with E-state index in [0.717, 1.165) is 44.0 Å². The van der Waals surface area contributed by atoms with E-state index in [0.29, 0.717) is 37.8 Å². The van der Waals surface area contributed by atoms with Gasteiger partial charge in [-0.15, -0.1) is 0 Å². The van der Waals surface area contributed by atoms with Crippen LogP contribution in [0.3, 0.4) is 0 Å². The van der Waals surface area contributed by atoms with Gasteiger partial charge in [0.2, 0.25) is 5.91 Å². The summed E-state index contributed by atoms with van der Waals surface area (Å²) in [5.74, 6) is -1.29. The number of aromatic nitrogens is 2. The predicted molar refractivity (Wildman–Crippen MR) is 140 cm³/mol. The van der Waals surface area contributed by atoms with E-state index in [1.807, 2.05) is 17.1 Å². The SMILES string of the molecule is CCCCn1cc(CCC(=O)N[C@H](CCNCc2cccc(CC)c2)Cc2cc(F)cc(F)c2)cn1. The van der Waals surface area contributed by atoms with Gasteiger partial charge in [0.25, 0.3) is 0 Å². The number of halogens is 2. The van der Waals surface area contributed by atoms with Crippen molar-refractivity contribution in [2.45, 2.75) is 77.9 Å². The van der Waals surface area contributed by atoms with Crippen LogP contribution in [0.25, 0.3) is 0 Å². The summed E-state index contributed by atoms with van der Waals surface area (Å²) < 4.78 is 29.4. The number of hydrogen-bond acceptors (Lipinski definition) is 3. The maximum atomic E-state index is 13.7. The third-order valence-electron chi connectivity index (χ3n) is 6.24. The molecule has 0 spiro atoms. The van der Waals surface area contributed by atoms with Crippen LogP contribution >= 0.6 is 0 Å². The predicted octanol–water partition coefficient (Wildman–Crippen LogP) is 5.36. The van der Waals surface area contributed by atoms with Crippen molar-refractivity contribution in [1.82, 2.24) is 20.4 Å². The van der Waals surface area contributed by atoms with E-state index in [1.165, 1.54) is 23.3 Å². The van der Waals surface area contributed by atoms with Crippen molar-refractivity contribution in [3.63, 3.8) is 0 Å². The smallest absolute Gasteiger partial charge is 0.220 e. The molecule has 2 aromatic carbocycles. The molecule has 7 heteroatoms. The number of nitrogens with zero attached hydrogens (tertiary/aromatic N) is 2. The van der Waals surface area contributed by atoms with Crippen LogP contribution in [0, 0.1) is 11.6 Å². The Morgan fingerprint density at radius 3 is 2.56 bits per heavy atom. The van der Waals surface area contributed by atoms with Crippen molar-refractivity contribution in [2.75, 3.05) is 6.54 Å². The highest BCUT2D eigenvalue weighted by Gasteiger charge is 2.15. The molecule has 0 bridgehead atoms. The first kappa shape index (κ1) is 27.5. The molecule has 0 aliphatic carbocycles. The fourth-order valence-corrected chi connectivity index (χ4v) is 4.24. The highest BCUT2D eigenvalue weighted by molar-refractivity contribution is 5.76. The van der Waals surface area contributed by atoms with Crippen molar-refractivity contribution >= 4 is 5.91 Å². The Balaban J connectivity index is 1.54. The van der Waals surface area contributed by atoms with Gasteiger partial charge in [-0.05, 0) is 73.0 Å². The molecular weight excluding hydrogens is 458 g/mol. The van der Waals surface area contributed by atoms with E-state index in [1.54, 1.807) is 0 Å².